The molecule has 0 spiro atoms. The van der Waals surface area contributed by atoms with Gasteiger partial charge in [-0.2, -0.15) is 0 Å². The molecule has 0 heterocycles. The minimum absolute atomic E-state index is 0. The Kier molecular flexibility index (Phi) is 4.53. The Labute approximate surface area is 86.9 Å². The number of aryl methyl sites for hydroxylation is 2. The molecule has 0 bridgehead atoms. The molecule has 0 aliphatic rings. The summed E-state index contributed by atoms with van der Waals surface area (Å²) >= 11 is 0. The fourth-order valence-corrected chi connectivity index (χ4v) is 1.05. The quantitative estimate of drug-likeness (QED) is 0.575. The van der Waals surface area contributed by atoms with Gasteiger partial charge >= 0.3 is 23.1 Å². The molecule has 0 atom stereocenters. The minimum Gasteiger partial charge on any atom is -1.00 e. The largest absolute Gasteiger partial charge is 2.00 e. The molecule has 1 rings (SSSR count). The molecule has 0 aliphatic heterocycles. The van der Waals surface area contributed by atoms with Crippen molar-refractivity contribution in [3.8, 4) is 5.75 Å². The van der Waals surface area contributed by atoms with Gasteiger partial charge in [0, 0.05) is 0 Å². The van der Waals surface area contributed by atoms with Gasteiger partial charge in [-0.15, -0.1) is 0 Å². The first-order chi connectivity index (χ1) is 4.72. The van der Waals surface area contributed by atoms with Crippen molar-refractivity contribution in [2.45, 2.75) is 13.8 Å². The van der Waals surface area contributed by atoms with Gasteiger partial charge in [0.05, 0.1) is 7.11 Å². The van der Waals surface area contributed by atoms with Crippen LogP contribution >= 0.6 is 0 Å². The average Bonchev–Trinajstić information content (AvgIpc) is 1.85. The van der Waals surface area contributed by atoms with Crippen molar-refractivity contribution in [2.24, 2.45) is 0 Å². The first-order valence-corrected chi connectivity index (χ1v) is 3.34. The Hall–Kier alpha value is -0.214. The van der Waals surface area contributed by atoms with Crippen LogP contribution in [0.2, 0.25) is 0 Å². The normalized spacial score (nSPS) is 8.64. The second-order valence-electron chi connectivity index (χ2n) is 2.53. The van der Waals surface area contributed by atoms with Crippen LogP contribution in [0.1, 0.15) is 14.0 Å². The zero-order valence-electron chi connectivity index (χ0n) is 9.35. The van der Waals surface area contributed by atoms with Gasteiger partial charge in [0.25, 0.3) is 0 Å². The summed E-state index contributed by atoms with van der Waals surface area (Å²) in [5.74, 6) is 0.942. The van der Waals surface area contributed by atoms with Gasteiger partial charge in [-0.05, 0) is 37.1 Å². The molecule has 0 radical (unpaired) electrons. The molecule has 0 saturated heterocycles. The summed E-state index contributed by atoms with van der Waals surface area (Å²) in [6.07, 6.45) is 0. The second kappa shape index (κ2) is 4.62. The Balaban J connectivity index is -0.000000333. The van der Waals surface area contributed by atoms with E-state index in [4.69, 9.17) is 4.74 Å². The number of methoxy groups -OCH3 is 1. The third-order valence-corrected chi connectivity index (χ3v) is 1.43. The van der Waals surface area contributed by atoms with E-state index in [0.717, 1.165) is 5.75 Å². The number of hydrogen-bond donors (Lipinski definition) is 0. The summed E-state index contributed by atoms with van der Waals surface area (Å²) in [5, 5.41) is 0. The topological polar surface area (TPSA) is 9.23 Å². The third kappa shape index (κ3) is 3.12. The number of benzene rings is 1. The smallest absolute Gasteiger partial charge is 1.00 e. The Morgan fingerprint density at radius 3 is 1.91 bits per heavy atom. The minimum atomic E-state index is 0. The molecule has 2 heteroatoms. The summed E-state index contributed by atoms with van der Waals surface area (Å²) in [7, 11) is 1.69. The van der Waals surface area contributed by atoms with E-state index in [1.165, 1.54) is 11.1 Å². The van der Waals surface area contributed by atoms with E-state index < -0.39 is 0 Å². The number of rotatable bonds is 1. The molecule has 0 fully saturated rings. The van der Waals surface area contributed by atoms with Crippen molar-refractivity contribution in [1.29, 1.82) is 0 Å². The summed E-state index contributed by atoms with van der Waals surface area (Å²) in [6, 6.07) is 6.17. The van der Waals surface area contributed by atoms with Gasteiger partial charge < -0.3 is 7.59 Å². The summed E-state index contributed by atoms with van der Waals surface area (Å²) < 4.78 is 5.08. The van der Waals surface area contributed by atoms with Crippen LogP contribution in [0.4, 0.5) is 0 Å². The van der Waals surface area contributed by atoms with Crippen LogP contribution in [0.5, 0.6) is 5.75 Å². The molecular formula is C9H14MgO. The molecule has 58 valence electrons. The van der Waals surface area contributed by atoms with Gasteiger partial charge in [-0.25, -0.2) is 0 Å². The Bertz CT molecular complexity index is 221. The summed E-state index contributed by atoms with van der Waals surface area (Å²) in [6.45, 7) is 4.13. The van der Waals surface area contributed by atoms with Crippen molar-refractivity contribution in [3.63, 3.8) is 0 Å². The number of ether oxygens (including phenoxy) is 1. The molecule has 0 unspecified atom stereocenters. The van der Waals surface area contributed by atoms with E-state index in [1.807, 2.05) is 12.1 Å². The molecule has 0 saturated carbocycles. The van der Waals surface area contributed by atoms with Crippen LogP contribution in [0, 0.1) is 13.8 Å². The molecular weight excluding hydrogens is 148 g/mol. The first-order valence-electron chi connectivity index (χ1n) is 3.34. The van der Waals surface area contributed by atoms with E-state index in [0.29, 0.717) is 0 Å². The number of hydrogen-bond acceptors (Lipinski definition) is 1. The molecule has 1 nitrogen and oxygen atoms in total. The second-order valence-corrected chi connectivity index (χ2v) is 2.53. The van der Waals surface area contributed by atoms with Crippen LogP contribution in [-0.4, -0.2) is 30.2 Å². The van der Waals surface area contributed by atoms with E-state index in [9.17, 15) is 0 Å². The van der Waals surface area contributed by atoms with Crippen LogP contribution in [0.25, 0.3) is 0 Å². The van der Waals surface area contributed by atoms with Crippen LogP contribution in [0.3, 0.4) is 0 Å². The molecule has 11 heavy (non-hydrogen) atoms. The van der Waals surface area contributed by atoms with Crippen LogP contribution in [-0.2, 0) is 0 Å². The monoisotopic (exact) mass is 162 g/mol. The van der Waals surface area contributed by atoms with Crippen LogP contribution in [0.15, 0.2) is 18.2 Å². The van der Waals surface area contributed by atoms with Gasteiger partial charge in [0.1, 0.15) is 5.75 Å². The maximum Gasteiger partial charge on any atom is 2.00 e. The molecule has 1 aromatic rings. The van der Waals surface area contributed by atoms with Crippen molar-refractivity contribution in [1.82, 2.24) is 0 Å². The maximum absolute atomic E-state index is 5.08. The zero-order valence-corrected chi connectivity index (χ0v) is 8.76. The fraction of sp³-hybridized carbons (Fsp3) is 0.333. The van der Waals surface area contributed by atoms with E-state index >= 15 is 0 Å². The molecule has 0 amide bonds. The SMILES string of the molecule is COc1cc(C)cc(C)c1.[H-].[H-].[Mg+2]. The maximum atomic E-state index is 5.08. The third-order valence-electron chi connectivity index (χ3n) is 1.43. The molecule has 0 aromatic heterocycles. The van der Waals surface area contributed by atoms with Crippen molar-refractivity contribution in [2.75, 3.05) is 7.11 Å². The van der Waals surface area contributed by atoms with Gasteiger partial charge in [-0.3, -0.25) is 0 Å². The molecule has 0 aliphatic carbocycles. The van der Waals surface area contributed by atoms with Gasteiger partial charge in [-0.1, -0.05) is 6.07 Å². The van der Waals surface area contributed by atoms with E-state index in [-0.39, 0.29) is 25.9 Å². The van der Waals surface area contributed by atoms with Crippen molar-refractivity contribution < 1.29 is 7.59 Å². The van der Waals surface area contributed by atoms with E-state index in [2.05, 4.69) is 19.9 Å². The van der Waals surface area contributed by atoms with Gasteiger partial charge in [0.15, 0.2) is 0 Å². The zero-order chi connectivity index (χ0) is 7.56. The standard InChI is InChI=1S/C9H12O.Mg.2H/c1-7-4-8(2)6-9(5-7)10-3;;;/h4-6H,1-3H3;;;/q;+2;2*-1. The summed E-state index contributed by atoms with van der Waals surface area (Å²) in [5.41, 5.74) is 2.49. The average molecular weight is 163 g/mol. The molecule has 1 aromatic carbocycles. The Morgan fingerprint density at radius 2 is 1.55 bits per heavy atom. The Morgan fingerprint density at radius 1 is 1.09 bits per heavy atom. The van der Waals surface area contributed by atoms with Crippen molar-refractivity contribution in [3.05, 3.63) is 29.3 Å². The van der Waals surface area contributed by atoms with E-state index in [1.54, 1.807) is 7.11 Å². The first kappa shape index (κ1) is 10.8. The fourth-order valence-electron chi connectivity index (χ4n) is 1.05. The van der Waals surface area contributed by atoms with Crippen LogP contribution < -0.4 is 4.74 Å². The molecule has 0 N–H and O–H groups in total. The predicted octanol–water partition coefficient (Wildman–Crippen LogP) is 2.16. The van der Waals surface area contributed by atoms with Crippen molar-refractivity contribution >= 4 is 23.1 Å². The summed E-state index contributed by atoms with van der Waals surface area (Å²) in [4.78, 5) is 0. The predicted molar refractivity (Wildman–Crippen MR) is 50.4 cm³/mol. The van der Waals surface area contributed by atoms with Gasteiger partial charge in [0.2, 0.25) is 0 Å².